The number of nitrogens with zero attached hydrogens (tertiary/aromatic N) is 2. The molecule has 2 aromatic rings. The van der Waals surface area contributed by atoms with E-state index in [9.17, 15) is 9.59 Å². The average Bonchev–Trinajstić information content (AvgIpc) is 2.82. The molecule has 2 aliphatic rings. The van der Waals surface area contributed by atoms with Crippen LogP contribution in [0, 0.1) is 0 Å². The van der Waals surface area contributed by atoms with Crippen LogP contribution in [-0.4, -0.2) is 49.6 Å². The van der Waals surface area contributed by atoms with Crippen LogP contribution in [0.15, 0.2) is 42.5 Å². The summed E-state index contributed by atoms with van der Waals surface area (Å²) in [6.45, 7) is 4.39. The summed E-state index contributed by atoms with van der Waals surface area (Å²) in [4.78, 5) is 29.2. The van der Waals surface area contributed by atoms with E-state index in [1.807, 2.05) is 34.1 Å². The fraction of sp³-hybridized carbons (Fsp3) is 0.462. The Morgan fingerprint density at radius 3 is 2.45 bits per heavy atom. The predicted octanol–water partition coefficient (Wildman–Crippen LogP) is 4.18. The van der Waals surface area contributed by atoms with Crippen molar-refractivity contribution >= 4 is 17.5 Å². The summed E-state index contributed by atoms with van der Waals surface area (Å²) in [6, 6.07) is 13.2. The van der Waals surface area contributed by atoms with Gasteiger partial charge in [-0.25, -0.2) is 0 Å². The van der Waals surface area contributed by atoms with Crippen molar-refractivity contribution in [3.63, 3.8) is 0 Å². The molecule has 0 N–H and O–H groups in total. The van der Waals surface area contributed by atoms with Gasteiger partial charge >= 0.3 is 0 Å². The summed E-state index contributed by atoms with van der Waals surface area (Å²) in [5.41, 5.74) is 1.86. The van der Waals surface area contributed by atoms with Crippen molar-refractivity contribution in [3.8, 4) is 17.2 Å². The van der Waals surface area contributed by atoms with Crippen LogP contribution in [0.25, 0.3) is 0 Å². The van der Waals surface area contributed by atoms with Gasteiger partial charge in [0.1, 0.15) is 19.0 Å². The predicted molar refractivity (Wildman–Crippen MR) is 126 cm³/mol. The van der Waals surface area contributed by atoms with E-state index >= 15 is 0 Å². The molecule has 0 atom stereocenters. The van der Waals surface area contributed by atoms with Gasteiger partial charge in [-0.05, 0) is 36.6 Å². The Morgan fingerprint density at radius 1 is 0.909 bits per heavy atom. The number of para-hydroxylation sites is 1. The Labute approximate surface area is 195 Å². The molecule has 0 aromatic heterocycles. The maximum absolute atomic E-state index is 13.2. The van der Waals surface area contributed by atoms with Crippen molar-refractivity contribution in [1.29, 1.82) is 0 Å². The summed E-state index contributed by atoms with van der Waals surface area (Å²) in [6.07, 6.45) is 5.18. The second kappa shape index (κ2) is 11.1. The molecule has 0 saturated heterocycles. The SMILES string of the molecule is CC(=O)N1CCCCCCCN(C(=O)COc2ccc3c(c2)OCCO3)Cc2ccccc21. The Bertz CT molecular complexity index is 977. The molecule has 33 heavy (non-hydrogen) atoms. The van der Waals surface area contributed by atoms with Crippen LogP contribution in [0.4, 0.5) is 5.69 Å². The van der Waals surface area contributed by atoms with Crippen molar-refractivity contribution in [2.24, 2.45) is 0 Å². The van der Waals surface area contributed by atoms with E-state index < -0.39 is 0 Å². The van der Waals surface area contributed by atoms with E-state index in [4.69, 9.17) is 14.2 Å². The Kier molecular flexibility index (Phi) is 7.70. The highest BCUT2D eigenvalue weighted by atomic mass is 16.6. The fourth-order valence-corrected chi connectivity index (χ4v) is 4.31. The molecule has 7 nitrogen and oxygen atoms in total. The van der Waals surface area contributed by atoms with Gasteiger partial charge in [0.25, 0.3) is 5.91 Å². The molecule has 0 aliphatic carbocycles. The lowest BCUT2D eigenvalue weighted by Crippen LogP contribution is -2.37. The smallest absolute Gasteiger partial charge is 0.260 e. The van der Waals surface area contributed by atoms with Gasteiger partial charge in [-0.3, -0.25) is 9.59 Å². The monoisotopic (exact) mass is 452 g/mol. The van der Waals surface area contributed by atoms with Gasteiger partial charge in [0.05, 0.1) is 0 Å². The van der Waals surface area contributed by atoms with E-state index in [1.165, 1.54) is 0 Å². The molecule has 0 fully saturated rings. The molecule has 0 radical (unpaired) electrons. The standard InChI is InChI=1S/C26H32N2O5/c1-20(29)28-14-8-4-2-3-7-13-27(18-21-9-5-6-10-23(21)28)26(30)19-33-22-11-12-24-25(17-22)32-16-15-31-24/h5-6,9-12,17H,2-4,7-8,13-16,18-19H2,1H3. The molecule has 0 spiro atoms. The lowest BCUT2D eigenvalue weighted by molar-refractivity contribution is -0.134. The number of hydrogen-bond acceptors (Lipinski definition) is 5. The first kappa shape index (κ1) is 23.0. The van der Waals surface area contributed by atoms with Gasteiger partial charge < -0.3 is 24.0 Å². The van der Waals surface area contributed by atoms with Gasteiger partial charge in [0.15, 0.2) is 18.1 Å². The second-order valence-electron chi connectivity index (χ2n) is 8.48. The molecule has 2 heterocycles. The van der Waals surface area contributed by atoms with Crippen LogP contribution in [0.5, 0.6) is 17.2 Å². The normalized spacial score (nSPS) is 16.8. The maximum Gasteiger partial charge on any atom is 0.260 e. The van der Waals surface area contributed by atoms with Crippen LogP contribution >= 0.6 is 0 Å². The minimum absolute atomic E-state index is 0.0272. The summed E-state index contributed by atoms with van der Waals surface area (Å²) < 4.78 is 17.0. The number of carbonyl (C=O) groups excluding carboxylic acids is 2. The summed E-state index contributed by atoms with van der Waals surface area (Å²) in [7, 11) is 0. The number of fused-ring (bicyclic) bond motifs is 2. The molecule has 2 amide bonds. The summed E-state index contributed by atoms with van der Waals surface area (Å²) >= 11 is 0. The van der Waals surface area contributed by atoms with E-state index in [-0.39, 0.29) is 18.4 Å². The maximum atomic E-state index is 13.2. The lowest BCUT2D eigenvalue weighted by atomic mass is 10.1. The summed E-state index contributed by atoms with van der Waals surface area (Å²) in [5, 5.41) is 0. The molecule has 0 saturated carbocycles. The quantitative estimate of drug-likeness (QED) is 0.699. The van der Waals surface area contributed by atoms with Crippen LogP contribution in [0.3, 0.4) is 0 Å². The van der Waals surface area contributed by atoms with E-state index in [0.717, 1.165) is 43.4 Å². The van der Waals surface area contributed by atoms with Crippen LogP contribution < -0.4 is 19.1 Å². The molecule has 4 rings (SSSR count). The Balaban J connectivity index is 1.48. The van der Waals surface area contributed by atoms with Gasteiger partial charge in [0, 0.05) is 38.3 Å². The molecule has 0 unspecified atom stereocenters. The zero-order chi connectivity index (χ0) is 23.0. The number of carbonyl (C=O) groups is 2. The highest BCUT2D eigenvalue weighted by molar-refractivity contribution is 5.92. The van der Waals surface area contributed by atoms with Crippen molar-refractivity contribution < 1.29 is 23.8 Å². The first-order chi connectivity index (χ1) is 16.1. The number of hydrogen-bond donors (Lipinski definition) is 0. The summed E-state index contributed by atoms with van der Waals surface area (Å²) in [5.74, 6) is 1.85. The zero-order valence-corrected chi connectivity index (χ0v) is 19.3. The van der Waals surface area contributed by atoms with Crippen LogP contribution in [-0.2, 0) is 16.1 Å². The van der Waals surface area contributed by atoms with Crippen LogP contribution in [0.2, 0.25) is 0 Å². The molecular weight excluding hydrogens is 420 g/mol. The van der Waals surface area contributed by atoms with Crippen LogP contribution in [0.1, 0.15) is 44.6 Å². The minimum atomic E-state index is -0.0777. The van der Waals surface area contributed by atoms with Crippen molar-refractivity contribution in [2.75, 3.05) is 37.8 Å². The topological polar surface area (TPSA) is 68.3 Å². The first-order valence-electron chi connectivity index (χ1n) is 11.8. The largest absolute Gasteiger partial charge is 0.486 e. The third-order valence-corrected chi connectivity index (χ3v) is 6.06. The third kappa shape index (κ3) is 5.97. The van der Waals surface area contributed by atoms with Gasteiger partial charge in [-0.1, -0.05) is 37.5 Å². The molecule has 0 bridgehead atoms. The van der Waals surface area contributed by atoms with Gasteiger partial charge in [0.2, 0.25) is 5.91 Å². The Morgan fingerprint density at radius 2 is 1.64 bits per heavy atom. The van der Waals surface area contributed by atoms with Crippen molar-refractivity contribution in [1.82, 2.24) is 4.90 Å². The number of anilines is 1. The zero-order valence-electron chi connectivity index (χ0n) is 19.3. The second-order valence-corrected chi connectivity index (χ2v) is 8.48. The Hall–Kier alpha value is -3.22. The third-order valence-electron chi connectivity index (χ3n) is 6.06. The number of benzene rings is 2. The number of amides is 2. The average molecular weight is 453 g/mol. The highest BCUT2D eigenvalue weighted by Gasteiger charge is 2.21. The highest BCUT2D eigenvalue weighted by Crippen LogP contribution is 2.33. The van der Waals surface area contributed by atoms with Crippen molar-refractivity contribution in [3.05, 3.63) is 48.0 Å². The van der Waals surface area contributed by atoms with Gasteiger partial charge in [-0.2, -0.15) is 0 Å². The first-order valence-corrected chi connectivity index (χ1v) is 11.8. The van der Waals surface area contributed by atoms with E-state index in [0.29, 0.717) is 50.1 Å². The molecule has 176 valence electrons. The number of rotatable bonds is 3. The molecule has 2 aliphatic heterocycles. The molecule has 2 aromatic carbocycles. The minimum Gasteiger partial charge on any atom is -0.486 e. The molecular formula is C26H32N2O5. The number of ether oxygens (including phenoxy) is 3. The fourth-order valence-electron chi connectivity index (χ4n) is 4.31. The van der Waals surface area contributed by atoms with Gasteiger partial charge in [-0.15, -0.1) is 0 Å². The van der Waals surface area contributed by atoms with Crippen molar-refractivity contribution in [2.45, 2.75) is 45.6 Å². The lowest BCUT2D eigenvalue weighted by Gasteiger charge is -2.29. The van der Waals surface area contributed by atoms with E-state index in [2.05, 4.69) is 0 Å². The van der Waals surface area contributed by atoms with E-state index in [1.54, 1.807) is 25.1 Å². The molecule has 7 heteroatoms.